The third-order valence-corrected chi connectivity index (χ3v) is 3.43. The number of carbonyl (C=O) groups is 1. The number of amides is 1. The van der Waals surface area contributed by atoms with Crippen LogP contribution >= 0.6 is 0 Å². The fourth-order valence-electron chi connectivity index (χ4n) is 2.74. The standard InChI is InChI=1S/C15H23N3O2/c1-10-8-18(9-15(2,3)20-10)13-7-11(14(19)17-4)5-6-12(13)16/h5-7,10H,8-9,16H2,1-4H3,(H,17,19). The molecule has 0 saturated carbocycles. The predicted octanol–water partition coefficient (Wildman–Crippen LogP) is 1.63. The second kappa shape index (κ2) is 5.32. The summed E-state index contributed by atoms with van der Waals surface area (Å²) in [7, 11) is 1.62. The Morgan fingerprint density at radius 1 is 1.50 bits per heavy atom. The van der Waals surface area contributed by atoms with Gasteiger partial charge < -0.3 is 20.7 Å². The van der Waals surface area contributed by atoms with Crippen molar-refractivity contribution in [2.75, 3.05) is 30.8 Å². The molecule has 0 aliphatic carbocycles. The van der Waals surface area contributed by atoms with E-state index in [0.717, 1.165) is 18.8 Å². The first-order chi connectivity index (χ1) is 9.32. The molecule has 1 heterocycles. The molecule has 1 atom stereocenters. The quantitative estimate of drug-likeness (QED) is 0.806. The van der Waals surface area contributed by atoms with Crippen LogP contribution in [0.25, 0.3) is 0 Å². The van der Waals surface area contributed by atoms with E-state index in [4.69, 9.17) is 10.5 Å². The van der Waals surface area contributed by atoms with Crippen LogP contribution in [0.15, 0.2) is 18.2 Å². The van der Waals surface area contributed by atoms with Gasteiger partial charge in [-0.3, -0.25) is 4.79 Å². The minimum Gasteiger partial charge on any atom is -0.397 e. The molecule has 0 bridgehead atoms. The first-order valence-corrected chi connectivity index (χ1v) is 6.87. The van der Waals surface area contributed by atoms with Gasteiger partial charge in [0, 0.05) is 25.7 Å². The smallest absolute Gasteiger partial charge is 0.251 e. The van der Waals surface area contributed by atoms with Gasteiger partial charge in [-0.05, 0) is 39.0 Å². The fraction of sp³-hybridized carbons (Fsp3) is 0.533. The van der Waals surface area contributed by atoms with Crippen molar-refractivity contribution >= 4 is 17.3 Å². The predicted molar refractivity (Wildman–Crippen MR) is 81.1 cm³/mol. The number of nitrogen functional groups attached to an aromatic ring is 1. The van der Waals surface area contributed by atoms with E-state index >= 15 is 0 Å². The van der Waals surface area contributed by atoms with Crippen LogP contribution in [0.5, 0.6) is 0 Å². The van der Waals surface area contributed by atoms with E-state index in [1.807, 2.05) is 13.0 Å². The number of anilines is 2. The molecule has 20 heavy (non-hydrogen) atoms. The Labute approximate surface area is 120 Å². The number of carbonyl (C=O) groups excluding carboxylic acids is 1. The second-order valence-electron chi connectivity index (χ2n) is 5.92. The Kier molecular flexibility index (Phi) is 3.90. The minimum absolute atomic E-state index is 0.105. The molecule has 0 radical (unpaired) electrons. The van der Waals surface area contributed by atoms with E-state index < -0.39 is 0 Å². The van der Waals surface area contributed by atoms with Gasteiger partial charge in [-0.25, -0.2) is 0 Å². The van der Waals surface area contributed by atoms with Gasteiger partial charge in [-0.2, -0.15) is 0 Å². The summed E-state index contributed by atoms with van der Waals surface area (Å²) in [6, 6.07) is 5.38. The summed E-state index contributed by atoms with van der Waals surface area (Å²) in [4.78, 5) is 13.9. The average Bonchev–Trinajstić information content (AvgIpc) is 2.36. The normalized spacial score (nSPS) is 21.6. The summed E-state index contributed by atoms with van der Waals surface area (Å²) >= 11 is 0. The van der Waals surface area contributed by atoms with Crippen molar-refractivity contribution in [3.8, 4) is 0 Å². The zero-order valence-corrected chi connectivity index (χ0v) is 12.6. The molecule has 5 heteroatoms. The lowest BCUT2D eigenvalue weighted by molar-refractivity contribution is -0.0749. The Hall–Kier alpha value is -1.75. The maximum absolute atomic E-state index is 11.8. The highest BCUT2D eigenvalue weighted by molar-refractivity contribution is 5.96. The zero-order chi connectivity index (χ0) is 14.9. The molecule has 5 nitrogen and oxygen atoms in total. The SMILES string of the molecule is CNC(=O)c1ccc(N)c(N2CC(C)OC(C)(C)C2)c1. The highest BCUT2D eigenvalue weighted by Gasteiger charge is 2.32. The van der Waals surface area contributed by atoms with Crippen LogP contribution in [0, 0.1) is 0 Å². The number of ether oxygens (including phenoxy) is 1. The van der Waals surface area contributed by atoms with Crippen LogP contribution in [0.1, 0.15) is 31.1 Å². The highest BCUT2D eigenvalue weighted by atomic mass is 16.5. The Balaban J connectivity index is 2.33. The Bertz CT molecular complexity index is 514. The molecule has 1 aromatic rings. The molecule has 3 N–H and O–H groups in total. The summed E-state index contributed by atoms with van der Waals surface area (Å²) in [6.07, 6.45) is 0.127. The van der Waals surface area contributed by atoms with Crippen LogP contribution in [0.2, 0.25) is 0 Å². The number of hydrogen-bond acceptors (Lipinski definition) is 4. The molecular formula is C15H23N3O2. The first kappa shape index (κ1) is 14.7. The number of nitrogens with one attached hydrogen (secondary N) is 1. The van der Waals surface area contributed by atoms with E-state index in [9.17, 15) is 4.79 Å². The largest absolute Gasteiger partial charge is 0.397 e. The lowest BCUT2D eigenvalue weighted by Crippen LogP contribution is -2.52. The van der Waals surface area contributed by atoms with Gasteiger partial charge in [0.15, 0.2) is 0 Å². The monoisotopic (exact) mass is 277 g/mol. The van der Waals surface area contributed by atoms with Gasteiger partial charge in [0.05, 0.1) is 23.1 Å². The molecule has 1 saturated heterocycles. The van der Waals surface area contributed by atoms with Crippen LogP contribution in [0.4, 0.5) is 11.4 Å². The third kappa shape index (κ3) is 3.04. The van der Waals surface area contributed by atoms with Gasteiger partial charge in [0.2, 0.25) is 0 Å². The highest BCUT2D eigenvalue weighted by Crippen LogP contribution is 2.30. The van der Waals surface area contributed by atoms with Gasteiger partial charge in [-0.15, -0.1) is 0 Å². The number of nitrogens with two attached hydrogens (primary N) is 1. The van der Waals surface area contributed by atoms with E-state index in [1.165, 1.54) is 0 Å². The number of hydrogen-bond donors (Lipinski definition) is 2. The molecule has 1 fully saturated rings. The average molecular weight is 277 g/mol. The van der Waals surface area contributed by atoms with E-state index in [1.54, 1.807) is 19.2 Å². The molecule has 0 spiro atoms. The fourth-order valence-corrected chi connectivity index (χ4v) is 2.74. The van der Waals surface area contributed by atoms with Gasteiger partial charge >= 0.3 is 0 Å². The van der Waals surface area contributed by atoms with Crippen molar-refractivity contribution < 1.29 is 9.53 Å². The lowest BCUT2D eigenvalue weighted by atomic mass is 10.0. The molecule has 0 aromatic heterocycles. The molecule has 2 rings (SSSR count). The number of rotatable bonds is 2. The summed E-state index contributed by atoms with van der Waals surface area (Å²) < 4.78 is 5.90. The number of nitrogens with zero attached hydrogens (tertiary/aromatic N) is 1. The molecule has 1 aromatic carbocycles. The van der Waals surface area contributed by atoms with Crippen molar-refractivity contribution in [3.63, 3.8) is 0 Å². The van der Waals surface area contributed by atoms with E-state index in [2.05, 4.69) is 24.1 Å². The summed E-state index contributed by atoms with van der Waals surface area (Å²) in [5, 5.41) is 2.63. The zero-order valence-electron chi connectivity index (χ0n) is 12.6. The lowest BCUT2D eigenvalue weighted by Gasteiger charge is -2.43. The molecule has 1 amide bonds. The van der Waals surface area contributed by atoms with Crippen molar-refractivity contribution in [1.82, 2.24) is 5.32 Å². The Morgan fingerprint density at radius 2 is 2.20 bits per heavy atom. The summed E-state index contributed by atoms with van der Waals surface area (Å²) in [5.41, 5.74) is 8.05. The second-order valence-corrected chi connectivity index (χ2v) is 5.92. The summed E-state index contributed by atoms with van der Waals surface area (Å²) in [5.74, 6) is -0.105. The molecule has 1 aliphatic heterocycles. The molecule has 110 valence electrons. The van der Waals surface area contributed by atoms with Gasteiger partial charge in [0.1, 0.15) is 0 Å². The van der Waals surface area contributed by atoms with Gasteiger partial charge in [0.25, 0.3) is 5.91 Å². The van der Waals surface area contributed by atoms with Crippen LogP contribution in [-0.2, 0) is 4.74 Å². The van der Waals surface area contributed by atoms with E-state index in [-0.39, 0.29) is 17.6 Å². The van der Waals surface area contributed by atoms with Crippen molar-refractivity contribution in [2.24, 2.45) is 0 Å². The van der Waals surface area contributed by atoms with Gasteiger partial charge in [-0.1, -0.05) is 0 Å². The maximum Gasteiger partial charge on any atom is 0.251 e. The van der Waals surface area contributed by atoms with Crippen LogP contribution < -0.4 is 16.0 Å². The first-order valence-electron chi connectivity index (χ1n) is 6.87. The molecular weight excluding hydrogens is 254 g/mol. The van der Waals surface area contributed by atoms with Crippen molar-refractivity contribution in [2.45, 2.75) is 32.5 Å². The number of morpholine rings is 1. The topological polar surface area (TPSA) is 67.6 Å². The summed E-state index contributed by atoms with van der Waals surface area (Å²) in [6.45, 7) is 7.69. The Morgan fingerprint density at radius 3 is 2.80 bits per heavy atom. The minimum atomic E-state index is -0.229. The van der Waals surface area contributed by atoms with Crippen molar-refractivity contribution in [3.05, 3.63) is 23.8 Å². The molecule has 1 aliphatic rings. The van der Waals surface area contributed by atoms with Crippen LogP contribution in [0.3, 0.4) is 0 Å². The maximum atomic E-state index is 11.8. The van der Waals surface area contributed by atoms with Crippen LogP contribution in [-0.4, -0.2) is 37.7 Å². The number of benzene rings is 1. The van der Waals surface area contributed by atoms with E-state index in [0.29, 0.717) is 11.3 Å². The third-order valence-electron chi connectivity index (χ3n) is 3.43. The van der Waals surface area contributed by atoms with Crippen molar-refractivity contribution in [1.29, 1.82) is 0 Å². The molecule has 1 unspecified atom stereocenters.